The van der Waals surface area contributed by atoms with Gasteiger partial charge in [0.1, 0.15) is 0 Å². The summed E-state index contributed by atoms with van der Waals surface area (Å²) >= 11 is 0. The van der Waals surface area contributed by atoms with E-state index in [2.05, 4.69) is 16.0 Å². The van der Waals surface area contributed by atoms with E-state index in [0.717, 1.165) is 0 Å². The number of aliphatic carboxylic acids is 1. The van der Waals surface area contributed by atoms with E-state index in [1.54, 1.807) is 0 Å². The van der Waals surface area contributed by atoms with Gasteiger partial charge >= 0.3 is 12.0 Å². The number of urea groups is 1. The van der Waals surface area contributed by atoms with Gasteiger partial charge in [0.15, 0.2) is 6.04 Å². The first kappa shape index (κ1) is 15.2. The molecule has 8 heteroatoms. The summed E-state index contributed by atoms with van der Waals surface area (Å²) in [7, 11) is 0. The van der Waals surface area contributed by atoms with Crippen LogP contribution in [0, 0.1) is 0 Å². The zero-order chi connectivity index (χ0) is 13.4. The van der Waals surface area contributed by atoms with Crippen LogP contribution in [-0.2, 0) is 9.59 Å². The largest absolute Gasteiger partial charge is 0.480 e. The molecule has 0 unspecified atom stereocenters. The molecule has 0 aromatic heterocycles. The molecule has 0 heterocycles. The summed E-state index contributed by atoms with van der Waals surface area (Å²) in [5.74, 6) is -1.54. The summed E-state index contributed by atoms with van der Waals surface area (Å²) in [5.41, 5.74) is 0. The van der Waals surface area contributed by atoms with Gasteiger partial charge in [0.05, 0.1) is 6.10 Å². The molecule has 0 aliphatic rings. The molecule has 8 nitrogen and oxygen atoms in total. The van der Waals surface area contributed by atoms with E-state index < -0.39 is 24.1 Å². The molecule has 0 aliphatic heterocycles. The standard InChI is InChI=1S/C9H17N3O5/c1-5(13)7(8(15)16)12-9(17)11-4-3-10-6(2)14/h5,7,13H,3-4H2,1-2H3,(H,10,14)(H,15,16)(H2,11,12,17)/t5-,7+/m1/s1. The van der Waals surface area contributed by atoms with E-state index >= 15 is 0 Å². The van der Waals surface area contributed by atoms with Crippen LogP contribution in [0.15, 0.2) is 0 Å². The van der Waals surface area contributed by atoms with E-state index in [1.165, 1.54) is 13.8 Å². The number of nitrogens with one attached hydrogen (secondary N) is 3. The van der Waals surface area contributed by atoms with Crippen LogP contribution in [0.1, 0.15) is 13.8 Å². The van der Waals surface area contributed by atoms with Gasteiger partial charge in [-0.05, 0) is 6.92 Å². The number of hydrogen-bond acceptors (Lipinski definition) is 4. The molecule has 0 bridgehead atoms. The van der Waals surface area contributed by atoms with Crippen molar-refractivity contribution in [1.29, 1.82) is 0 Å². The molecule has 0 saturated carbocycles. The lowest BCUT2D eigenvalue weighted by Crippen LogP contribution is -2.51. The van der Waals surface area contributed by atoms with Gasteiger partial charge in [0.2, 0.25) is 5.91 Å². The zero-order valence-corrected chi connectivity index (χ0v) is 9.69. The number of carboxylic acids is 1. The fourth-order valence-corrected chi connectivity index (χ4v) is 0.996. The second kappa shape index (κ2) is 7.44. The van der Waals surface area contributed by atoms with Crippen LogP contribution in [0.2, 0.25) is 0 Å². The van der Waals surface area contributed by atoms with Crippen molar-refractivity contribution < 1.29 is 24.6 Å². The first-order valence-electron chi connectivity index (χ1n) is 5.04. The summed E-state index contributed by atoms with van der Waals surface area (Å²) in [4.78, 5) is 32.3. The monoisotopic (exact) mass is 247 g/mol. The molecule has 0 aliphatic carbocycles. The molecule has 0 radical (unpaired) electrons. The van der Waals surface area contributed by atoms with Crippen LogP contribution in [-0.4, -0.2) is 53.4 Å². The summed E-state index contributed by atoms with van der Waals surface area (Å²) in [6, 6.07) is -2.08. The summed E-state index contributed by atoms with van der Waals surface area (Å²) in [6.07, 6.45) is -1.20. The van der Waals surface area contributed by atoms with Crippen molar-refractivity contribution in [3.8, 4) is 0 Å². The van der Waals surface area contributed by atoms with Crippen LogP contribution < -0.4 is 16.0 Å². The van der Waals surface area contributed by atoms with Crippen LogP contribution in [0.5, 0.6) is 0 Å². The second-order valence-electron chi connectivity index (χ2n) is 3.44. The number of carboxylic acid groups (broad SMARTS) is 1. The predicted octanol–water partition coefficient (Wildman–Crippen LogP) is -1.74. The van der Waals surface area contributed by atoms with Crippen molar-refractivity contribution in [2.75, 3.05) is 13.1 Å². The Balaban J connectivity index is 3.91. The smallest absolute Gasteiger partial charge is 0.328 e. The number of hydrogen-bond donors (Lipinski definition) is 5. The van der Waals surface area contributed by atoms with Gasteiger partial charge in [-0.25, -0.2) is 9.59 Å². The average molecular weight is 247 g/mol. The highest BCUT2D eigenvalue weighted by Gasteiger charge is 2.24. The Morgan fingerprint density at radius 2 is 1.71 bits per heavy atom. The van der Waals surface area contributed by atoms with E-state index in [1.807, 2.05) is 0 Å². The number of aliphatic hydroxyl groups excluding tert-OH is 1. The van der Waals surface area contributed by atoms with Gasteiger partial charge in [-0.3, -0.25) is 4.79 Å². The van der Waals surface area contributed by atoms with Crippen molar-refractivity contribution in [2.45, 2.75) is 26.0 Å². The van der Waals surface area contributed by atoms with E-state index in [0.29, 0.717) is 0 Å². The van der Waals surface area contributed by atoms with Gasteiger partial charge in [-0.15, -0.1) is 0 Å². The second-order valence-corrected chi connectivity index (χ2v) is 3.44. The predicted molar refractivity (Wildman–Crippen MR) is 58.3 cm³/mol. The molecule has 0 aromatic carbocycles. The molecule has 2 atom stereocenters. The molecule has 3 amide bonds. The average Bonchev–Trinajstić information content (AvgIpc) is 2.19. The lowest BCUT2D eigenvalue weighted by Gasteiger charge is -2.17. The van der Waals surface area contributed by atoms with Gasteiger partial charge in [0.25, 0.3) is 0 Å². The van der Waals surface area contributed by atoms with Crippen molar-refractivity contribution in [3.05, 3.63) is 0 Å². The van der Waals surface area contributed by atoms with Crippen LogP contribution in [0.25, 0.3) is 0 Å². The third kappa shape index (κ3) is 7.12. The van der Waals surface area contributed by atoms with Gasteiger partial charge in [-0.1, -0.05) is 0 Å². The van der Waals surface area contributed by atoms with Gasteiger partial charge in [0, 0.05) is 20.0 Å². The van der Waals surface area contributed by atoms with E-state index in [-0.39, 0.29) is 19.0 Å². The molecule has 0 aromatic rings. The number of carbonyl (C=O) groups is 3. The maximum absolute atomic E-state index is 11.2. The SMILES string of the molecule is CC(=O)NCCNC(=O)N[C@H](C(=O)O)[C@@H](C)O. The molecule has 0 saturated heterocycles. The van der Waals surface area contributed by atoms with Crippen LogP contribution in [0.4, 0.5) is 4.79 Å². The van der Waals surface area contributed by atoms with Crippen molar-refractivity contribution in [2.24, 2.45) is 0 Å². The van der Waals surface area contributed by atoms with Crippen molar-refractivity contribution >= 4 is 17.9 Å². The number of rotatable bonds is 6. The number of carbonyl (C=O) groups excluding carboxylic acids is 2. The highest BCUT2D eigenvalue weighted by atomic mass is 16.4. The van der Waals surface area contributed by atoms with E-state index in [4.69, 9.17) is 10.2 Å². The molecule has 0 rings (SSSR count). The van der Waals surface area contributed by atoms with Crippen LogP contribution in [0.3, 0.4) is 0 Å². The minimum absolute atomic E-state index is 0.164. The topological polar surface area (TPSA) is 128 Å². The number of amides is 3. The summed E-state index contributed by atoms with van der Waals surface area (Å²) in [5, 5.41) is 24.7. The Hall–Kier alpha value is -1.83. The van der Waals surface area contributed by atoms with Crippen molar-refractivity contribution in [3.63, 3.8) is 0 Å². The fourth-order valence-electron chi connectivity index (χ4n) is 0.996. The molecular weight excluding hydrogens is 230 g/mol. The first-order valence-corrected chi connectivity index (χ1v) is 5.04. The Morgan fingerprint density at radius 1 is 1.18 bits per heavy atom. The van der Waals surface area contributed by atoms with Gasteiger partial charge < -0.3 is 26.2 Å². The zero-order valence-electron chi connectivity index (χ0n) is 9.69. The Labute approximate surface area is 98.4 Å². The summed E-state index contributed by atoms with van der Waals surface area (Å²) in [6.45, 7) is 3.01. The van der Waals surface area contributed by atoms with E-state index in [9.17, 15) is 14.4 Å². The maximum atomic E-state index is 11.2. The molecule has 17 heavy (non-hydrogen) atoms. The molecule has 0 spiro atoms. The van der Waals surface area contributed by atoms with Crippen LogP contribution >= 0.6 is 0 Å². The number of aliphatic hydroxyl groups is 1. The highest BCUT2D eigenvalue weighted by molar-refractivity contribution is 5.83. The lowest BCUT2D eigenvalue weighted by atomic mass is 10.2. The third-order valence-corrected chi connectivity index (χ3v) is 1.82. The fraction of sp³-hybridized carbons (Fsp3) is 0.667. The minimum Gasteiger partial charge on any atom is -0.480 e. The normalized spacial score (nSPS) is 13.4. The first-order chi connectivity index (χ1) is 7.84. The molecule has 98 valence electrons. The Bertz CT molecular complexity index is 292. The molecule has 5 N–H and O–H groups in total. The highest BCUT2D eigenvalue weighted by Crippen LogP contribution is 1.92. The minimum atomic E-state index is -1.37. The molecular formula is C9H17N3O5. The lowest BCUT2D eigenvalue weighted by molar-refractivity contribution is -0.141. The summed E-state index contributed by atoms with van der Waals surface area (Å²) < 4.78 is 0. The maximum Gasteiger partial charge on any atom is 0.328 e. The Morgan fingerprint density at radius 3 is 2.12 bits per heavy atom. The third-order valence-electron chi connectivity index (χ3n) is 1.82. The Kier molecular flexibility index (Phi) is 6.64. The quantitative estimate of drug-likeness (QED) is 0.356. The molecule has 0 fully saturated rings. The van der Waals surface area contributed by atoms with Crippen molar-refractivity contribution in [1.82, 2.24) is 16.0 Å². The van der Waals surface area contributed by atoms with Gasteiger partial charge in [-0.2, -0.15) is 0 Å².